The molecule has 0 spiro atoms. The number of aliphatic hydroxyl groups is 1. The van der Waals surface area contributed by atoms with Gasteiger partial charge in [0.2, 0.25) is 5.91 Å². The van der Waals surface area contributed by atoms with Gasteiger partial charge in [-0.3, -0.25) is 4.79 Å². The molecule has 1 aliphatic rings. The van der Waals surface area contributed by atoms with Crippen LogP contribution >= 0.6 is 0 Å². The summed E-state index contributed by atoms with van der Waals surface area (Å²) in [7, 11) is 0. The molecule has 0 aromatic carbocycles. The fourth-order valence-corrected chi connectivity index (χ4v) is 1.96. The smallest absolute Gasteiger partial charge is 0.382 e. The molecule has 100 valence electrons. The molecule has 0 saturated heterocycles. The number of aliphatic hydroxyl groups excluding tert-OH is 1. The van der Waals surface area contributed by atoms with Gasteiger partial charge < -0.3 is 16.2 Å². The van der Waals surface area contributed by atoms with Gasteiger partial charge in [-0.2, -0.15) is 13.2 Å². The topological polar surface area (TPSA) is 75.4 Å². The van der Waals surface area contributed by atoms with E-state index in [1.807, 2.05) is 0 Å². The molecular formula is C10H17F3N2O2. The van der Waals surface area contributed by atoms with Crippen molar-refractivity contribution in [2.24, 2.45) is 5.73 Å². The van der Waals surface area contributed by atoms with E-state index >= 15 is 0 Å². The van der Waals surface area contributed by atoms with Crippen LogP contribution in [0, 0.1) is 0 Å². The highest BCUT2D eigenvalue weighted by Gasteiger charge is 2.38. The summed E-state index contributed by atoms with van der Waals surface area (Å²) in [5, 5.41) is 10.7. The van der Waals surface area contributed by atoms with E-state index in [1.54, 1.807) is 0 Å². The van der Waals surface area contributed by atoms with Crippen LogP contribution in [0.15, 0.2) is 0 Å². The Morgan fingerprint density at radius 3 is 2.41 bits per heavy atom. The Bertz CT molecular complexity index is 275. The quantitative estimate of drug-likeness (QED) is 0.691. The molecule has 0 heterocycles. The average Bonchev–Trinajstić information content (AvgIpc) is 2.59. The molecule has 0 bridgehead atoms. The van der Waals surface area contributed by atoms with Crippen LogP contribution in [-0.4, -0.2) is 35.4 Å². The SMILES string of the molecule is NC1(CC(=O)NCC(O)C(F)(F)F)CCCC1. The predicted octanol–water partition coefficient (Wildman–Crippen LogP) is 0.687. The largest absolute Gasteiger partial charge is 0.416 e. The van der Waals surface area contributed by atoms with Gasteiger partial charge in [-0.1, -0.05) is 12.8 Å². The second kappa shape index (κ2) is 5.22. The molecule has 4 N–H and O–H groups in total. The summed E-state index contributed by atoms with van der Waals surface area (Å²) >= 11 is 0. The highest BCUT2D eigenvalue weighted by atomic mass is 19.4. The molecule has 0 aliphatic heterocycles. The summed E-state index contributed by atoms with van der Waals surface area (Å²) in [6.45, 7) is -0.821. The number of carbonyl (C=O) groups is 1. The van der Waals surface area contributed by atoms with E-state index in [4.69, 9.17) is 10.8 Å². The third-order valence-corrected chi connectivity index (χ3v) is 2.98. The second-order valence-corrected chi connectivity index (χ2v) is 4.61. The van der Waals surface area contributed by atoms with Crippen molar-refractivity contribution in [3.63, 3.8) is 0 Å². The van der Waals surface area contributed by atoms with Crippen molar-refractivity contribution < 1.29 is 23.1 Å². The minimum absolute atomic E-state index is 0.0115. The van der Waals surface area contributed by atoms with Gasteiger partial charge in [0, 0.05) is 12.0 Å². The molecule has 7 heteroatoms. The minimum atomic E-state index is -4.71. The molecular weight excluding hydrogens is 237 g/mol. The van der Waals surface area contributed by atoms with Crippen molar-refractivity contribution in [3.05, 3.63) is 0 Å². The van der Waals surface area contributed by atoms with Gasteiger partial charge in [-0.15, -0.1) is 0 Å². The van der Waals surface area contributed by atoms with Gasteiger partial charge in [0.05, 0.1) is 6.54 Å². The molecule has 0 aromatic heterocycles. The number of hydrogen-bond donors (Lipinski definition) is 3. The molecule has 1 unspecified atom stereocenters. The minimum Gasteiger partial charge on any atom is -0.382 e. The van der Waals surface area contributed by atoms with Crippen LogP contribution in [0.5, 0.6) is 0 Å². The van der Waals surface area contributed by atoms with Crippen LogP contribution in [0.2, 0.25) is 0 Å². The molecule has 17 heavy (non-hydrogen) atoms. The van der Waals surface area contributed by atoms with Crippen LogP contribution in [0.4, 0.5) is 13.2 Å². The molecule has 1 amide bonds. The van der Waals surface area contributed by atoms with E-state index in [2.05, 4.69) is 5.32 Å². The van der Waals surface area contributed by atoms with E-state index in [0.717, 1.165) is 12.8 Å². The van der Waals surface area contributed by atoms with Crippen molar-refractivity contribution in [2.75, 3.05) is 6.54 Å². The first-order chi connectivity index (χ1) is 7.73. The first-order valence-corrected chi connectivity index (χ1v) is 5.53. The lowest BCUT2D eigenvalue weighted by molar-refractivity contribution is -0.201. The van der Waals surface area contributed by atoms with Crippen LogP contribution in [-0.2, 0) is 4.79 Å². The zero-order valence-corrected chi connectivity index (χ0v) is 9.39. The molecule has 1 rings (SSSR count). The molecule has 0 aromatic rings. The van der Waals surface area contributed by atoms with Gasteiger partial charge in [-0.25, -0.2) is 0 Å². The maximum absolute atomic E-state index is 12.0. The lowest BCUT2D eigenvalue weighted by Crippen LogP contribution is -2.45. The zero-order valence-electron chi connectivity index (χ0n) is 9.39. The summed E-state index contributed by atoms with van der Waals surface area (Å²) < 4.78 is 35.9. The number of hydrogen-bond acceptors (Lipinski definition) is 3. The van der Waals surface area contributed by atoms with E-state index < -0.39 is 30.3 Å². The van der Waals surface area contributed by atoms with Crippen LogP contribution < -0.4 is 11.1 Å². The van der Waals surface area contributed by atoms with Crippen molar-refractivity contribution in [3.8, 4) is 0 Å². The Kier molecular flexibility index (Phi) is 4.37. The van der Waals surface area contributed by atoms with Crippen LogP contribution in [0.1, 0.15) is 32.1 Å². The van der Waals surface area contributed by atoms with Crippen molar-refractivity contribution in [1.82, 2.24) is 5.32 Å². The van der Waals surface area contributed by atoms with Gasteiger partial charge in [0.15, 0.2) is 6.10 Å². The van der Waals surface area contributed by atoms with Gasteiger partial charge in [0.1, 0.15) is 0 Å². The molecule has 1 saturated carbocycles. The Labute approximate surface area is 97.4 Å². The van der Waals surface area contributed by atoms with E-state index in [1.165, 1.54) is 0 Å². The molecule has 0 radical (unpaired) electrons. The van der Waals surface area contributed by atoms with E-state index in [0.29, 0.717) is 12.8 Å². The number of amides is 1. The lowest BCUT2D eigenvalue weighted by Gasteiger charge is -2.23. The standard InChI is InChI=1S/C10H17F3N2O2/c11-10(12,13)7(16)6-15-8(17)5-9(14)3-1-2-4-9/h7,16H,1-6,14H2,(H,15,17). The highest BCUT2D eigenvalue weighted by molar-refractivity contribution is 5.77. The van der Waals surface area contributed by atoms with Crippen molar-refractivity contribution >= 4 is 5.91 Å². The summed E-state index contributed by atoms with van der Waals surface area (Å²) in [4.78, 5) is 11.4. The van der Waals surface area contributed by atoms with Gasteiger partial charge in [0.25, 0.3) is 0 Å². The number of carbonyl (C=O) groups excluding carboxylic acids is 1. The van der Waals surface area contributed by atoms with E-state index in [-0.39, 0.29) is 6.42 Å². The fourth-order valence-electron chi connectivity index (χ4n) is 1.96. The van der Waals surface area contributed by atoms with Gasteiger partial charge >= 0.3 is 6.18 Å². The summed E-state index contributed by atoms with van der Waals surface area (Å²) in [6.07, 6.45) is -3.92. The Morgan fingerprint density at radius 2 is 1.94 bits per heavy atom. The van der Waals surface area contributed by atoms with E-state index in [9.17, 15) is 18.0 Å². The Morgan fingerprint density at radius 1 is 1.41 bits per heavy atom. The predicted molar refractivity (Wildman–Crippen MR) is 55.1 cm³/mol. The summed E-state index contributed by atoms with van der Waals surface area (Å²) in [5.74, 6) is -0.544. The first-order valence-electron chi connectivity index (χ1n) is 5.53. The Balaban J connectivity index is 2.30. The Hall–Kier alpha value is -0.820. The normalized spacial score (nSPS) is 21.2. The molecule has 1 atom stereocenters. The van der Waals surface area contributed by atoms with Crippen molar-refractivity contribution in [1.29, 1.82) is 0 Å². The monoisotopic (exact) mass is 254 g/mol. The number of nitrogens with one attached hydrogen (secondary N) is 1. The second-order valence-electron chi connectivity index (χ2n) is 4.61. The fraction of sp³-hybridized carbons (Fsp3) is 0.900. The summed E-state index contributed by atoms with van der Waals surface area (Å²) in [6, 6.07) is 0. The molecule has 1 aliphatic carbocycles. The van der Waals surface area contributed by atoms with Gasteiger partial charge in [-0.05, 0) is 12.8 Å². The molecule has 4 nitrogen and oxygen atoms in total. The first kappa shape index (κ1) is 14.2. The third-order valence-electron chi connectivity index (χ3n) is 2.98. The third kappa shape index (κ3) is 4.51. The summed E-state index contributed by atoms with van der Waals surface area (Å²) in [5.41, 5.74) is 5.32. The van der Waals surface area contributed by atoms with Crippen molar-refractivity contribution in [2.45, 2.75) is 49.9 Å². The van der Waals surface area contributed by atoms with Crippen LogP contribution in [0.25, 0.3) is 0 Å². The lowest BCUT2D eigenvalue weighted by atomic mass is 9.94. The number of halogens is 3. The number of alkyl halides is 3. The average molecular weight is 254 g/mol. The number of rotatable bonds is 4. The maximum atomic E-state index is 12.0. The maximum Gasteiger partial charge on any atom is 0.416 e. The highest BCUT2D eigenvalue weighted by Crippen LogP contribution is 2.29. The van der Waals surface area contributed by atoms with Crippen LogP contribution in [0.3, 0.4) is 0 Å². The molecule has 1 fully saturated rings. The zero-order chi connectivity index (χ0) is 13.1. The number of nitrogens with two attached hydrogens (primary N) is 1.